The fraction of sp³-hybridized carbons (Fsp3) is 0.667. The molecular formula is C9H13ClO2. The van der Waals surface area contributed by atoms with Gasteiger partial charge in [0, 0.05) is 24.7 Å². The molecule has 0 saturated carbocycles. The van der Waals surface area contributed by atoms with Crippen LogP contribution in [-0.2, 0) is 9.53 Å². The lowest BCUT2D eigenvalue weighted by Gasteiger charge is -2.26. The number of halogens is 1. The predicted molar refractivity (Wildman–Crippen MR) is 48.1 cm³/mol. The summed E-state index contributed by atoms with van der Waals surface area (Å²) in [7, 11) is 0. The summed E-state index contributed by atoms with van der Waals surface area (Å²) in [6, 6.07) is 0. The summed E-state index contributed by atoms with van der Waals surface area (Å²) in [5.74, 6) is 0.550. The summed E-state index contributed by atoms with van der Waals surface area (Å²) in [5.41, 5.74) is 1.28. The molecule has 0 aromatic heterocycles. The zero-order chi connectivity index (χ0) is 8.97. The first-order valence-corrected chi connectivity index (χ1v) is 4.57. The minimum atomic E-state index is 0.105. The van der Waals surface area contributed by atoms with Gasteiger partial charge in [-0.05, 0) is 18.4 Å². The molecule has 0 spiro atoms. The van der Waals surface area contributed by atoms with Crippen LogP contribution in [0.5, 0.6) is 0 Å². The van der Waals surface area contributed by atoms with Crippen molar-refractivity contribution >= 4 is 17.4 Å². The van der Waals surface area contributed by atoms with Gasteiger partial charge in [-0.15, -0.1) is 0 Å². The Bertz CT molecular complexity index is 189. The smallest absolute Gasteiger partial charge is 0.160 e. The normalized spacial score (nSPS) is 30.8. The molecule has 0 bridgehead atoms. The third-order valence-corrected chi connectivity index (χ3v) is 2.36. The molecule has 2 unspecified atom stereocenters. The van der Waals surface area contributed by atoms with Crippen LogP contribution in [0.25, 0.3) is 0 Å². The second-order valence-electron chi connectivity index (χ2n) is 3.14. The monoisotopic (exact) mass is 188 g/mol. The van der Waals surface area contributed by atoms with Crippen molar-refractivity contribution in [3.05, 3.63) is 11.6 Å². The van der Waals surface area contributed by atoms with Crippen LogP contribution in [0.15, 0.2) is 11.6 Å². The molecule has 12 heavy (non-hydrogen) atoms. The van der Waals surface area contributed by atoms with Crippen molar-refractivity contribution in [2.24, 2.45) is 11.8 Å². The second kappa shape index (κ2) is 4.63. The molecule has 1 aliphatic heterocycles. The van der Waals surface area contributed by atoms with Crippen molar-refractivity contribution < 1.29 is 9.53 Å². The fourth-order valence-electron chi connectivity index (χ4n) is 1.49. The molecule has 1 heterocycles. The van der Waals surface area contributed by atoms with E-state index in [4.69, 9.17) is 16.3 Å². The summed E-state index contributed by atoms with van der Waals surface area (Å²) >= 11 is 5.33. The van der Waals surface area contributed by atoms with Gasteiger partial charge in [-0.1, -0.05) is 18.5 Å². The molecule has 0 aliphatic carbocycles. The number of ketones is 1. The Morgan fingerprint density at radius 1 is 1.67 bits per heavy atom. The van der Waals surface area contributed by atoms with E-state index in [1.807, 2.05) is 6.92 Å². The number of rotatable bonds is 2. The first-order chi connectivity index (χ1) is 5.75. The van der Waals surface area contributed by atoms with Gasteiger partial charge >= 0.3 is 0 Å². The van der Waals surface area contributed by atoms with E-state index in [2.05, 4.69) is 0 Å². The van der Waals surface area contributed by atoms with E-state index in [1.54, 1.807) is 0 Å². The Labute approximate surface area is 77.5 Å². The van der Waals surface area contributed by atoms with Gasteiger partial charge in [0.15, 0.2) is 5.78 Å². The third kappa shape index (κ3) is 2.32. The Hall–Kier alpha value is -0.340. The molecule has 2 atom stereocenters. The van der Waals surface area contributed by atoms with Gasteiger partial charge in [0.1, 0.15) is 0 Å². The average Bonchev–Trinajstić information content (AvgIpc) is 2.05. The lowest BCUT2D eigenvalue weighted by molar-refractivity contribution is -0.123. The van der Waals surface area contributed by atoms with Gasteiger partial charge in [0.25, 0.3) is 0 Å². The number of hydrogen-bond donors (Lipinski definition) is 0. The van der Waals surface area contributed by atoms with Gasteiger partial charge in [0.05, 0.1) is 0 Å². The van der Waals surface area contributed by atoms with E-state index in [9.17, 15) is 4.79 Å². The molecule has 1 aliphatic rings. The molecule has 1 rings (SSSR count). The van der Waals surface area contributed by atoms with Gasteiger partial charge < -0.3 is 4.74 Å². The lowest BCUT2D eigenvalue weighted by atomic mass is 9.86. The van der Waals surface area contributed by atoms with Gasteiger partial charge in [-0.25, -0.2) is 0 Å². The standard InChI is InChI=1S/C9H13ClO2/c1-7-6-12-5-3-8(7)9(11)2-4-10/h2,4,7-8H,3,5-6H2,1H3/b4-2+. The van der Waals surface area contributed by atoms with Crippen molar-refractivity contribution in [3.63, 3.8) is 0 Å². The molecular weight excluding hydrogens is 176 g/mol. The quantitative estimate of drug-likeness (QED) is 0.620. The van der Waals surface area contributed by atoms with Gasteiger partial charge in [-0.2, -0.15) is 0 Å². The van der Waals surface area contributed by atoms with Crippen molar-refractivity contribution in [3.8, 4) is 0 Å². The molecule has 0 aromatic carbocycles. The minimum Gasteiger partial charge on any atom is -0.381 e. The zero-order valence-electron chi connectivity index (χ0n) is 7.13. The molecule has 3 heteroatoms. The average molecular weight is 189 g/mol. The number of carbonyl (C=O) groups is 1. The Kier molecular flexibility index (Phi) is 3.76. The van der Waals surface area contributed by atoms with E-state index in [-0.39, 0.29) is 11.7 Å². The summed E-state index contributed by atoms with van der Waals surface area (Å²) in [6.07, 6.45) is 2.26. The molecule has 1 fully saturated rings. The molecule has 0 aromatic rings. The van der Waals surface area contributed by atoms with Crippen LogP contribution in [0.1, 0.15) is 13.3 Å². The molecule has 0 amide bonds. The second-order valence-corrected chi connectivity index (χ2v) is 3.39. The van der Waals surface area contributed by atoms with Crippen LogP contribution >= 0.6 is 11.6 Å². The topological polar surface area (TPSA) is 26.3 Å². The maximum absolute atomic E-state index is 11.4. The van der Waals surface area contributed by atoms with E-state index in [1.165, 1.54) is 11.6 Å². The zero-order valence-corrected chi connectivity index (χ0v) is 7.88. The first kappa shape index (κ1) is 9.75. The summed E-state index contributed by atoms with van der Waals surface area (Å²) < 4.78 is 5.23. The molecule has 1 saturated heterocycles. The van der Waals surface area contributed by atoms with Gasteiger partial charge in [-0.3, -0.25) is 4.79 Å². The molecule has 0 radical (unpaired) electrons. The molecule has 68 valence electrons. The highest BCUT2D eigenvalue weighted by Crippen LogP contribution is 2.22. The predicted octanol–water partition coefficient (Wildman–Crippen LogP) is 1.98. The number of ether oxygens (including phenoxy) is 1. The van der Waals surface area contributed by atoms with Crippen LogP contribution in [0.2, 0.25) is 0 Å². The Morgan fingerprint density at radius 2 is 2.42 bits per heavy atom. The SMILES string of the molecule is CC1COCCC1C(=O)/C=C/Cl. The van der Waals surface area contributed by atoms with E-state index in [0.29, 0.717) is 19.1 Å². The highest BCUT2D eigenvalue weighted by molar-refractivity contribution is 6.26. The summed E-state index contributed by atoms with van der Waals surface area (Å²) in [6.45, 7) is 3.41. The Balaban J connectivity index is 2.53. The Morgan fingerprint density at radius 3 is 3.00 bits per heavy atom. The van der Waals surface area contributed by atoms with Crippen molar-refractivity contribution in [1.82, 2.24) is 0 Å². The summed E-state index contributed by atoms with van der Waals surface area (Å²) in [5, 5.41) is 0. The van der Waals surface area contributed by atoms with Crippen molar-refractivity contribution in [2.45, 2.75) is 13.3 Å². The van der Waals surface area contributed by atoms with Crippen LogP contribution < -0.4 is 0 Å². The molecule has 2 nitrogen and oxygen atoms in total. The number of hydrogen-bond acceptors (Lipinski definition) is 2. The van der Waals surface area contributed by atoms with Gasteiger partial charge in [0.2, 0.25) is 0 Å². The maximum atomic E-state index is 11.4. The highest BCUT2D eigenvalue weighted by atomic mass is 35.5. The highest BCUT2D eigenvalue weighted by Gasteiger charge is 2.26. The van der Waals surface area contributed by atoms with Crippen LogP contribution in [0.4, 0.5) is 0 Å². The molecule has 0 N–H and O–H groups in total. The van der Waals surface area contributed by atoms with Crippen LogP contribution in [0.3, 0.4) is 0 Å². The van der Waals surface area contributed by atoms with E-state index in [0.717, 1.165) is 6.42 Å². The fourth-order valence-corrected chi connectivity index (χ4v) is 1.61. The van der Waals surface area contributed by atoms with Crippen molar-refractivity contribution in [1.29, 1.82) is 0 Å². The van der Waals surface area contributed by atoms with Crippen LogP contribution in [-0.4, -0.2) is 19.0 Å². The number of carbonyl (C=O) groups excluding carboxylic acids is 1. The van der Waals surface area contributed by atoms with E-state index < -0.39 is 0 Å². The minimum absolute atomic E-state index is 0.105. The largest absolute Gasteiger partial charge is 0.381 e. The summed E-state index contributed by atoms with van der Waals surface area (Å²) in [4.78, 5) is 11.4. The van der Waals surface area contributed by atoms with Crippen LogP contribution in [0, 0.1) is 11.8 Å². The van der Waals surface area contributed by atoms with Crippen molar-refractivity contribution in [2.75, 3.05) is 13.2 Å². The van der Waals surface area contributed by atoms with E-state index >= 15 is 0 Å². The number of allylic oxidation sites excluding steroid dienone is 1. The maximum Gasteiger partial charge on any atom is 0.160 e. The third-order valence-electron chi connectivity index (χ3n) is 2.23. The first-order valence-electron chi connectivity index (χ1n) is 4.14. The lowest BCUT2D eigenvalue weighted by Crippen LogP contribution is -2.30.